The monoisotopic (exact) mass is 477 g/mol. The fourth-order valence-corrected chi connectivity index (χ4v) is 3.66. The summed E-state index contributed by atoms with van der Waals surface area (Å²) in [6.45, 7) is 8.41. The first-order valence-corrected chi connectivity index (χ1v) is 12.2. The van der Waals surface area contributed by atoms with E-state index in [9.17, 15) is 0 Å². The van der Waals surface area contributed by atoms with Crippen molar-refractivity contribution in [3.63, 3.8) is 0 Å². The van der Waals surface area contributed by atoms with Crippen LogP contribution < -0.4 is 5.19 Å². The van der Waals surface area contributed by atoms with Crippen LogP contribution in [0, 0.1) is 12.0 Å². The van der Waals surface area contributed by atoms with Gasteiger partial charge in [0.1, 0.15) is 0 Å². The number of aromatic nitrogens is 1. The van der Waals surface area contributed by atoms with Crippen molar-refractivity contribution in [2.45, 2.75) is 33.4 Å². The summed E-state index contributed by atoms with van der Waals surface area (Å²) in [6.07, 6.45) is 10.3. The molecule has 0 spiro atoms. The van der Waals surface area contributed by atoms with E-state index in [1.807, 2.05) is 24.4 Å². The molecule has 1 aromatic heterocycles. The molecule has 0 bridgehead atoms. The molecule has 0 unspecified atom stereocenters. The molecular weight excluding hydrogens is 453 g/mol. The van der Waals surface area contributed by atoms with Gasteiger partial charge in [0.2, 0.25) is 0 Å². The molecule has 1 nitrogen and oxygen atoms in total. The number of nitrogens with zero attached hydrogens (tertiary/aromatic N) is 1. The van der Waals surface area contributed by atoms with Gasteiger partial charge in [-0.3, -0.25) is 4.98 Å². The smallest absolute Gasteiger partial charge is 0.295 e. The largest absolute Gasteiger partial charge is 2.00 e. The number of hydrogen-bond donors (Lipinski definition) is 0. The average molecular weight is 479 g/mol. The first kappa shape index (κ1) is 28.5. The van der Waals surface area contributed by atoms with E-state index in [0.29, 0.717) is 0 Å². The van der Waals surface area contributed by atoms with Crippen molar-refractivity contribution in [1.29, 1.82) is 0 Å². The molecule has 0 atom stereocenters. The minimum atomic E-state index is -1.71. The van der Waals surface area contributed by atoms with Crippen LogP contribution >= 0.6 is 35.9 Å². The Labute approximate surface area is 193 Å². The van der Waals surface area contributed by atoms with Gasteiger partial charge in [-0.2, -0.15) is 40.8 Å². The van der Waals surface area contributed by atoms with Gasteiger partial charge in [0.25, 0.3) is 0 Å². The third-order valence-corrected chi connectivity index (χ3v) is 6.07. The maximum atomic E-state index is 6.43. The second kappa shape index (κ2) is 13.5. The van der Waals surface area contributed by atoms with E-state index in [1.54, 1.807) is 0 Å². The molecule has 0 amide bonds. The summed E-state index contributed by atoms with van der Waals surface area (Å²) in [5.74, 6) is 1.26. The van der Waals surface area contributed by atoms with Crippen LogP contribution in [0.4, 0.5) is 0 Å². The molecule has 1 heterocycles. The predicted molar refractivity (Wildman–Crippen MR) is 122 cm³/mol. The van der Waals surface area contributed by atoms with Crippen LogP contribution in [0.3, 0.4) is 0 Å². The van der Waals surface area contributed by atoms with Crippen LogP contribution in [0.15, 0.2) is 60.8 Å². The Morgan fingerprint density at radius 2 is 1.78 bits per heavy atom. The topological polar surface area (TPSA) is 12.9 Å². The molecule has 146 valence electrons. The van der Waals surface area contributed by atoms with E-state index in [0.717, 1.165) is 12.1 Å². The van der Waals surface area contributed by atoms with Crippen LogP contribution in [0.25, 0.3) is 5.57 Å². The minimum absolute atomic E-state index is 0. The van der Waals surface area contributed by atoms with Crippen molar-refractivity contribution < 1.29 is 17.4 Å². The van der Waals surface area contributed by atoms with Crippen molar-refractivity contribution in [2.75, 3.05) is 0 Å². The van der Waals surface area contributed by atoms with E-state index in [2.05, 4.69) is 74.4 Å². The summed E-state index contributed by atoms with van der Waals surface area (Å²) < 4.78 is 0. The molecule has 0 aliphatic heterocycles. The zero-order valence-corrected chi connectivity index (χ0v) is 20.7. The standard InChI is InChI=1S/C13H14ClSi.C8H10N.2ClH.Cr/c1-15(2,14)13-9-5-8-12(10-13)11-6-3-4-7-11;1-7(2)8-5-3-4-6-9-8;;;/h3,5-6,8-10H,4H2,1-2H3;3-6H,1-2H3;2*1H;/q2*-1;;;+2. The van der Waals surface area contributed by atoms with E-state index in [1.165, 1.54) is 22.2 Å². The van der Waals surface area contributed by atoms with Crippen LogP contribution in [0.1, 0.15) is 31.5 Å². The molecular formula is C21H26Cl3CrNSi. The van der Waals surface area contributed by atoms with Crippen LogP contribution in [-0.4, -0.2) is 12.4 Å². The van der Waals surface area contributed by atoms with Gasteiger partial charge in [0.05, 0.1) is 0 Å². The Hall–Kier alpha value is -0.661. The first-order chi connectivity index (χ1) is 11.4. The van der Waals surface area contributed by atoms with E-state index in [-0.39, 0.29) is 42.2 Å². The van der Waals surface area contributed by atoms with Crippen molar-refractivity contribution >= 4 is 54.0 Å². The molecule has 0 saturated heterocycles. The number of allylic oxidation sites excluding steroid dienone is 4. The SMILES string of the molecule is C[C-](C)c1ccccn1.C[Si](C)(Cl)c1cccc(C2=[C-]CC=C2)c1.Cl.Cl.[Cr+2]. The summed E-state index contributed by atoms with van der Waals surface area (Å²) >= 11 is 6.43. The Morgan fingerprint density at radius 3 is 2.22 bits per heavy atom. The van der Waals surface area contributed by atoms with Gasteiger partial charge in [0, 0.05) is 6.20 Å². The Bertz CT molecular complexity index is 726. The fraction of sp³-hybridized carbons (Fsp3) is 0.238. The van der Waals surface area contributed by atoms with Gasteiger partial charge < -0.3 is 0 Å². The average Bonchev–Trinajstić information content (AvgIpc) is 3.10. The molecule has 27 heavy (non-hydrogen) atoms. The molecule has 1 aliphatic rings. The fourth-order valence-electron chi connectivity index (χ4n) is 2.32. The number of rotatable bonds is 3. The van der Waals surface area contributed by atoms with Gasteiger partial charge in [0.15, 0.2) is 7.38 Å². The number of pyridine rings is 1. The van der Waals surface area contributed by atoms with Crippen molar-refractivity contribution in [2.24, 2.45) is 0 Å². The molecule has 0 N–H and O–H groups in total. The van der Waals surface area contributed by atoms with Crippen LogP contribution in [0.2, 0.25) is 13.1 Å². The Balaban J connectivity index is 0. The van der Waals surface area contributed by atoms with Crippen LogP contribution in [0.5, 0.6) is 0 Å². The molecule has 0 fully saturated rings. The molecule has 0 saturated carbocycles. The predicted octanol–water partition coefficient (Wildman–Crippen LogP) is 6.37. The number of hydrogen-bond acceptors (Lipinski definition) is 1. The molecule has 3 rings (SSSR count). The molecule has 6 heteroatoms. The third kappa shape index (κ3) is 9.39. The third-order valence-electron chi connectivity index (χ3n) is 3.73. The van der Waals surface area contributed by atoms with Crippen molar-refractivity contribution in [1.82, 2.24) is 4.98 Å². The summed E-state index contributed by atoms with van der Waals surface area (Å²) in [6, 6.07) is 14.5. The van der Waals surface area contributed by atoms with E-state index in [4.69, 9.17) is 11.1 Å². The van der Waals surface area contributed by atoms with E-state index < -0.39 is 7.38 Å². The van der Waals surface area contributed by atoms with E-state index >= 15 is 0 Å². The second-order valence-electron chi connectivity index (χ2n) is 6.47. The molecule has 1 aliphatic carbocycles. The zero-order valence-electron chi connectivity index (χ0n) is 16.0. The summed E-state index contributed by atoms with van der Waals surface area (Å²) in [5, 5.41) is 1.29. The van der Waals surface area contributed by atoms with Gasteiger partial charge in [-0.15, -0.1) is 68.5 Å². The Morgan fingerprint density at radius 1 is 1.07 bits per heavy atom. The summed E-state index contributed by atoms with van der Waals surface area (Å²) in [5.41, 5.74) is 3.52. The molecule has 0 radical (unpaired) electrons. The molecule has 1 aromatic carbocycles. The first-order valence-electron chi connectivity index (χ1n) is 8.16. The van der Waals surface area contributed by atoms with Gasteiger partial charge in [-0.1, -0.05) is 48.6 Å². The minimum Gasteiger partial charge on any atom is -0.295 e. The van der Waals surface area contributed by atoms with Crippen molar-refractivity contribution in [3.8, 4) is 0 Å². The molecule has 2 aromatic rings. The van der Waals surface area contributed by atoms with Gasteiger partial charge in [-0.25, -0.2) is 0 Å². The number of halogens is 3. The summed E-state index contributed by atoms with van der Waals surface area (Å²) in [4.78, 5) is 4.14. The normalized spacial score (nSPS) is 11.7. The zero-order chi connectivity index (χ0) is 17.6. The number of benzene rings is 1. The van der Waals surface area contributed by atoms with Gasteiger partial charge in [-0.05, 0) is 0 Å². The van der Waals surface area contributed by atoms with Crippen molar-refractivity contribution in [3.05, 3.63) is 84.1 Å². The second-order valence-corrected chi connectivity index (χ2v) is 12.8. The maximum Gasteiger partial charge on any atom is 2.00 e. The Kier molecular flexibility index (Phi) is 14.3. The van der Waals surface area contributed by atoms with Crippen LogP contribution in [-0.2, 0) is 17.4 Å². The quantitative estimate of drug-likeness (QED) is 0.284. The maximum absolute atomic E-state index is 6.43. The van der Waals surface area contributed by atoms with Gasteiger partial charge >= 0.3 is 17.4 Å². The summed E-state index contributed by atoms with van der Waals surface area (Å²) in [7, 11) is -1.71.